The number of fused-ring (bicyclic) bond motifs is 3. The molecule has 2 aliphatic heterocycles. The van der Waals surface area contributed by atoms with Gasteiger partial charge in [-0.05, 0) is 41.5 Å². The first kappa shape index (κ1) is 17.0. The molecule has 5 amide bonds. The fourth-order valence-electron chi connectivity index (χ4n) is 4.62. The van der Waals surface area contributed by atoms with Gasteiger partial charge >= 0.3 is 12.1 Å². The summed E-state index contributed by atoms with van der Waals surface area (Å²) in [7, 11) is 0. The van der Waals surface area contributed by atoms with Crippen LogP contribution in [0.25, 0.3) is 0 Å². The molecule has 1 aliphatic carbocycles. The first-order chi connectivity index (χ1) is 13.6. The van der Waals surface area contributed by atoms with Crippen molar-refractivity contribution in [1.82, 2.24) is 15.1 Å². The van der Waals surface area contributed by atoms with Gasteiger partial charge in [0, 0.05) is 13.0 Å². The van der Waals surface area contributed by atoms with Crippen molar-refractivity contribution in [2.24, 2.45) is 0 Å². The molecule has 6 nitrogen and oxygen atoms in total. The zero-order valence-corrected chi connectivity index (χ0v) is 15.4. The maximum atomic E-state index is 12.9. The number of imide groups is 3. The highest BCUT2D eigenvalue weighted by molar-refractivity contribution is 6.16. The smallest absolute Gasteiger partial charge is 0.330 e. The molecule has 142 valence electrons. The Balaban J connectivity index is 1.37. The van der Waals surface area contributed by atoms with Gasteiger partial charge in [0.2, 0.25) is 0 Å². The van der Waals surface area contributed by atoms with Gasteiger partial charge in [-0.2, -0.15) is 4.90 Å². The Hall–Kier alpha value is -3.15. The standard InChI is InChI=1S/C22H21N3O3/c26-20-19-12-15-7-1-2-8-16(15)13-24(19)22(28)25(20)21(27)23-18-11-5-9-14-6-3-4-10-17(14)18/h1-4,6-8,10,18-19H,5,9,11-13H2,(H,23,27). The highest BCUT2D eigenvalue weighted by atomic mass is 16.2. The van der Waals surface area contributed by atoms with Crippen molar-refractivity contribution in [2.75, 3.05) is 0 Å². The molecule has 0 spiro atoms. The van der Waals surface area contributed by atoms with E-state index in [9.17, 15) is 14.4 Å². The van der Waals surface area contributed by atoms with E-state index in [2.05, 4.69) is 11.4 Å². The molecule has 2 atom stereocenters. The van der Waals surface area contributed by atoms with E-state index in [0.717, 1.165) is 40.9 Å². The second kappa shape index (κ2) is 6.48. The number of urea groups is 2. The molecule has 0 aromatic heterocycles. The maximum Gasteiger partial charge on any atom is 0.336 e. The SMILES string of the molecule is O=C(NC1CCCc2ccccc21)N1C(=O)C2Cc3ccccc3CN2C1=O. The van der Waals surface area contributed by atoms with Crippen LogP contribution < -0.4 is 5.32 Å². The number of rotatable bonds is 1. The van der Waals surface area contributed by atoms with E-state index in [1.165, 1.54) is 10.5 Å². The predicted octanol–water partition coefficient (Wildman–Crippen LogP) is 3.16. The molecular formula is C22H21N3O3. The van der Waals surface area contributed by atoms with E-state index >= 15 is 0 Å². The topological polar surface area (TPSA) is 69.7 Å². The first-order valence-electron chi connectivity index (χ1n) is 9.73. The lowest BCUT2D eigenvalue weighted by atomic mass is 9.88. The van der Waals surface area contributed by atoms with Gasteiger partial charge < -0.3 is 10.2 Å². The monoisotopic (exact) mass is 375 g/mol. The van der Waals surface area contributed by atoms with Crippen molar-refractivity contribution in [2.45, 2.75) is 44.3 Å². The fourth-order valence-corrected chi connectivity index (χ4v) is 4.62. The van der Waals surface area contributed by atoms with Crippen LogP contribution in [0.3, 0.4) is 0 Å². The van der Waals surface area contributed by atoms with Crippen molar-refractivity contribution >= 4 is 18.0 Å². The molecule has 0 saturated carbocycles. The summed E-state index contributed by atoms with van der Waals surface area (Å²) in [4.78, 5) is 41.0. The summed E-state index contributed by atoms with van der Waals surface area (Å²) in [6.07, 6.45) is 3.21. The van der Waals surface area contributed by atoms with Crippen LogP contribution >= 0.6 is 0 Å². The molecular weight excluding hydrogens is 354 g/mol. The molecule has 1 saturated heterocycles. The van der Waals surface area contributed by atoms with E-state index in [4.69, 9.17) is 0 Å². The van der Waals surface area contributed by atoms with Crippen molar-refractivity contribution in [3.63, 3.8) is 0 Å². The summed E-state index contributed by atoms with van der Waals surface area (Å²) in [5, 5.41) is 2.93. The zero-order valence-electron chi connectivity index (χ0n) is 15.4. The molecule has 5 rings (SSSR count). The fraction of sp³-hybridized carbons (Fsp3) is 0.318. The van der Waals surface area contributed by atoms with Crippen molar-refractivity contribution in [1.29, 1.82) is 0 Å². The number of amides is 5. The second-order valence-electron chi connectivity index (χ2n) is 7.67. The van der Waals surface area contributed by atoms with Crippen molar-refractivity contribution in [3.05, 3.63) is 70.8 Å². The van der Waals surface area contributed by atoms with Crippen LogP contribution in [0, 0.1) is 0 Å². The molecule has 0 radical (unpaired) electrons. The largest absolute Gasteiger partial charge is 0.336 e. The lowest BCUT2D eigenvalue weighted by Gasteiger charge is -2.28. The average molecular weight is 375 g/mol. The molecule has 1 N–H and O–H groups in total. The van der Waals surface area contributed by atoms with Gasteiger partial charge in [0.1, 0.15) is 6.04 Å². The van der Waals surface area contributed by atoms with Crippen molar-refractivity contribution < 1.29 is 14.4 Å². The summed E-state index contributed by atoms with van der Waals surface area (Å²) in [5.74, 6) is -0.430. The van der Waals surface area contributed by atoms with Gasteiger partial charge in [0.25, 0.3) is 5.91 Å². The Morgan fingerprint density at radius 2 is 1.68 bits per heavy atom. The molecule has 28 heavy (non-hydrogen) atoms. The van der Waals surface area contributed by atoms with Gasteiger partial charge in [-0.25, -0.2) is 9.59 Å². The van der Waals surface area contributed by atoms with E-state index in [0.29, 0.717) is 13.0 Å². The van der Waals surface area contributed by atoms with Crippen LogP contribution in [0.4, 0.5) is 9.59 Å². The van der Waals surface area contributed by atoms with E-state index in [1.54, 1.807) is 0 Å². The van der Waals surface area contributed by atoms with Crippen LogP contribution in [-0.4, -0.2) is 33.8 Å². The van der Waals surface area contributed by atoms with E-state index in [1.807, 2.05) is 42.5 Å². The Labute approximate surface area is 163 Å². The summed E-state index contributed by atoms with van der Waals surface area (Å²) < 4.78 is 0. The van der Waals surface area contributed by atoms with Crippen LogP contribution in [-0.2, 0) is 24.2 Å². The number of carbonyl (C=O) groups is 3. The average Bonchev–Trinajstić information content (AvgIpc) is 2.96. The molecule has 3 aliphatic rings. The normalized spacial score (nSPS) is 23.1. The van der Waals surface area contributed by atoms with Crippen molar-refractivity contribution in [3.8, 4) is 0 Å². The van der Waals surface area contributed by atoms with Gasteiger partial charge in [0.05, 0.1) is 6.04 Å². The Morgan fingerprint density at radius 3 is 2.50 bits per heavy atom. The predicted molar refractivity (Wildman–Crippen MR) is 102 cm³/mol. The minimum Gasteiger partial charge on any atom is -0.330 e. The van der Waals surface area contributed by atoms with Crippen LogP contribution in [0.1, 0.15) is 41.1 Å². The number of carbonyl (C=O) groups excluding carboxylic acids is 3. The molecule has 0 bridgehead atoms. The third-order valence-corrected chi connectivity index (χ3v) is 6.06. The third-order valence-electron chi connectivity index (χ3n) is 6.06. The molecule has 1 fully saturated rings. The van der Waals surface area contributed by atoms with Gasteiger partial charge in [0.15, 0.2) is 0 Å². The van der Waals surface area contributed by atoms with Gasteiger partial charge in [-0.1, -0.05) is 48.5 Å². The number of aryl methyl sites for hydroxylation is 1. The molecule has 2 aromatic rings. The Morgan fingerprint density at radius 1 is 0.964 bits per heavy atom. The lowest BCUT2D eigenvalue weighted by Crippen LogP contribution is -2.46. The number of nitrogens with one attached hydrogen (secondary N) is 1. The van der Waals surface area contributed by atoms with E-state index in [-0.39, 0.29) is 6.04 Å². The highest BCUT2D eigenvalue weighted by Gasteiger charge is 2.50. The molecule has 2 heterocycles. The van der Waals surface area contributed by atoms with Gasteiger partial charge in [-0.15, -0.1) is 0 Å². The Bertz CT molecular complexity index is 943. The number of nitrogens with zero attached hydrogens (tertiary/aromatic N) is 2. The van der Waals surface area contributed by atoms with Crippen LogP contribution in [0.15, 0.2) is 48.5 Å². The molecule has 6 heteroatoms. The maximum absolute atomic E-state index is 12.9. The van der Waals surface area contributed by atoms with E-state index < -0.39 is 24.0 Å². The Kier molecular flexibility index (Phi) is 3.93. The highest BCUT2D eigenvalue weighted by Crippen LogP contribution is 2.32. The number of benzene rings is 2. The summed E-state index contributed by atoms with van der Waals surface area (Å²) in [6.45, 7) is 0.363. The second-order valence-corrected chi connectivity index (χ2v) is 7.67. The molecule has 2 aromatic carbocycles. The zero-order chi connectivity index (χ0) is 19.3. The third kappa shape index (κ3) is 2.59. The summed E-state index contributed by atoms with van der Waals surface area (Å²) >= 11 is 0. The first-order valence-corrected chi connectivity index (χ1v) is 9.73. The number of hydrogen-bond acceptors (Lipinski definition) is 3. The minimum absolute atomic E-state index is 0.173. The van der Waals surface area contributed by atoms with Crippen LogP contribution in [0.2, 0.25) is 0 Å². The van der Waals surface area contributed by atoms with Gasteiger partial charge in [-0.3, -0.25) is 4.79 Å². The lowest BCUT2D eigenvalue weighted by molar-refractivity contribution is -0.126. The quantitative estimate of drug-likeness (QED) is 0.779. The minimum atomic E-state index is -0.616. The summed E-state index contributed by atoms with van der Waals surface area (Å²) in [6, 6.07) is 13.9. The van der Waals surface area contributed by atoms with Crippen LogP contribution in [0.5, 0.6) is 0 Å². The number of hydrogen-bond donors (Lipinski definition) is 1. The molecule has 2 unspecified atom stereocenters. The summed E-state index contributed by atoms with van der Waals surface area (Å²) in [5.41, 5.74) is 4.38.